The second-order valence-corrected chi connectivity index (χ2v) is 8.22. The lowest BCUT2D eigenvalue weighted by Crippen LogP contribution is -2.35. The van der Waals surface area contributed by atoms with E-state index in [1.54, 1.807) is 0 Å². The van der Waals surface area contributed by atoms with Crippen LogP contribution in [0.25, 0.3) is 0 Å². The molecule has 1 aromatic rings. The summed E-state index contributed by atoms with van der Waals surface area (Å²) < 4.78 is 39.9. The summed E-state index contributed by atoms with van der Waals surface area (Å²) in [5.41, 5.74) is -0.750. The number of halogens is 1. The molecular weight excluding hydrogens is 297 g/mol. The summed E-state index contributed by atoms with van der Waals surface area (Å²) in [5.74, 6) is -2.22. The molecule has 1 rings (SSSR count). The molecule has 0 atom stereocenters. The van der Waals surface area contributed by atoms with E-state index in [1.807, 2.05) is 20.8 Å². The first-order valence-corrected chi connectivity index (χ1v) is 7.80. The Morgan fingerprint density at radius 3 is 2.29 bits per heavy atom. The average Bonchev–Trinajstić information content (AvgIpc) is 2.29. The van der Waals surface area contributed by atoms with Crippen molar-refractivity contribution >= 4 is 16.0 Å². The molecule has 0 aliphatic carbocycles. The van der Waals surface area contributed by atoms with Gasteiger partial charge in [-0.15, -0.1) is 0 Å². The highest BCUT2D eigenvalue weighted by molar-refractivity contribution is 7.89. The van der Waals surface area contributed by atoms with Crippen LogP contribution in [0.2, 0.25) is 0 Å². The standard InChI is InChI=1S/C14H20FNO4S/c1-9-11(15)6-10(13(17)18)7-12(9)21(19,20)16(5)8-14(2,3)4/h6-7H,8H2,1-5H3,(H,17,18). The van der Waals surface area contributed by atoms with Crippen LogP contribution in [0, 0.1) is 18.2 Å². The van der Waals surface area contributed by atoms with Crippen LogP contribution in [-0.4, -0.2) is 37.4 Å². The zero-order valence-electron chi connectivity index (χ0n) is 12.8. The third kappa shape index (κ3) is 4.01. The molecule has 21 heavy (non-hydrogen) atoms. The highest BCUT2D eigenvalue weighted by Crippen LogP contribution is 2.25. The Morgan fingerprint density at radius 1 is 1.33 bits per heavy atom. The van der Waals surface area contributed by atoms with Crippen molar-refractivity contribution in [2.75, 3.05) is 13.6 Å². The van der Waals surface area contributed by atoms with E-state index < -0.39 is 21.8 Å². The molecule has 0 aromatic heterocycles. The van der Waals surface area contributed by atoms with Gasteiger partial charge in [-0.3, -0.25) is 0 Å². The second kappa shape index (κ2) is 5.73. The number of carboxylic acids is 1. The molecular formula is C14H20FNO4S. The third-order valence-electron chi connectivity index (χ3n) is 2.93. The zero-order chi connectivity index (χ0) is 16.6. The Kier molecular flexibility index (Phi) is 4.80. The summed E-state index contributed by atoms with van der Waals surface area (Å²) in [6, 6.07) is 1.82. The second-order valence-electron chi connectivity index (χ2n) is 6.21. The quantitative estimate of drug-likeness (QED) is 0.926. The summed E-state index contributed by atoms with van der Waals surface area (Å²) in [4.78, 5) is 10.7. The molecule has 0 aliphatic rings. The first-order chi connectivity index (χ1) is 9.36. The maximum absolute atomic E-state index is 13.8. The average molecular weight is 317 g/mol. The maximum Gasteiger partial charge on any atom is 0.335 e. The maximum atomic E-state index is 13.8. The van der Waals surface area contributed by atoms with Crippen molar-refractivity contribution < 1.29 is 22.7 Å². The van der Waals surface area contributed by atoms with Crippen molar-refractivity contribution in [1.82, 2.24) is 4.31 Å². The minimum absolute atomic E-state index is 0.0826. The van der Waals surface area contributed by atoms with E-state index in [0.29, 0.717) is 0 Å². The first-order valence-electron chi connectivity index (χ1n) is 6.36. The van der Waals surface area contributed by atoms with Gasteiger partial charge in [-0.1, -0.05) is 20.8 Å². The summed E-state index contributed by atoms with van der Waals surface area (Å²) in [5, 5.41) is 8.94. The molecule has 0 fully saturated rings. The number of benzene rings is 1. The third-order valence-corrected chi connectivity index (χ3v) is 4.86. The molecule has 5 nitrogen and oxygen atoms in total. The lowest BCUT2D eigenvalue weighted by molar-refractivity contribution is 0.0696. The lowest BCUT2D eigenvalue weighted by Gasteiger charge is -2.26. The Balaban J connectivity index is 3.41. The fourth-order valence-electron chi connectivity index (χ4n) is 1.97. The number of hydrogen-bond acceptors (Lipinski definition) is 3. The Labute approximate surface area is 124 Å². The van der Waals surface area contributed by atoms with Crippen LogP contribution in [0.1, 0.15) is 36.7 Å². The van der Waals surface area contributed by atoms with Crippen molar-refractivity contribution in [2.45, 2.75) is 32.6 Å². The monoisotopic (exact) mass is 317 g/mol. The van der Waals surface area contributed by atoms with Crippen LogP contribution < -0.4 is 0 Å². The number of nitrogens with zero attached hydrogens (tertiary/aromatic N) is 1. The highest BCUT2D eigenvalue weighted by Gasteiger charge is 2.28. The van der Waals surface area contributed by atoms with Gasteiger partial charge in [0, 0.05) is 19.2 Å². The molecule has 0 saturated heterocycles. The van der Waals surface area contributed by atoms with E-state index in [1.165, 1.54) is 14.0 Å². The fourth-order valence-corrected chi connectivity index (χ4v) is 3.62. The summed E-state index contributed by atoms with van der Waals surface area (Å²) in [6.07, 6.45) is 0. The van der Waals surface area contributed by atoms with Gasteiger partial charge in [-0.05, 0) is 24.5 Å². The van der Waals surface area contributed by atoms with Crippen LogP contribution in [-0.2, 0) is 10.0 Å². The molecule has 0 bridgehead atoms. The number of rotatable bonds is 4. The van der Waals surface area contributed by atoms with E-state index in [4.69, 9.17) is 5.11 Å². The molecule has 0 aliphatic heterocycles. The van der Waals surface area contributed by atoms with E-state index in [-0.39, 0.29) is 28.0 Å². The van der Waals surface area contributed by atoms with E-state index in [2.05, 4.69) is 0 Å². The van der Waals surface area contributed by atoms with Crippen molar-refractivity contribution in [2.24, 2.45) is 5.41 Å². The zero-order valence-corrected chi connectivity index (χ0v) is 13.6. The first kappa shape index (κ1) is 17.6. The number of aromatic carboxylic acids is 1. The number of sulfonamides is 1. The van der Waals surface area contributed by atoms with Crippen molar-refractivity contribution in [1.29, 1.82) is 0 Å². The van der Waals surface area contributed by atoms with Gasteiger partial charge in [-0.25, -0.2) is 21.9 Å². The minimum Gasteiger partial charge on any atom is -0.478 e. The summed E-state index contributed by atoms with van der Waals surface area (Å²) in [6.45, 7) is 7.17. The molecule has 1 aromatic carbocycles. The predicted octanol–water partition coefficient (Wildman–Crippen LogP) is 2.50. The van der Waals surface area contributed by atoms with Crippen molar-refractivity contribution in [3.05, 3.63) is 29.1 Å². The van der Waals surface area contributed by atoms with Gasteiger partial charge in [-0.2, -0.15) is 0 Å². The summed E-state index contributed by atoms with van der Waals surface area (Å²) in [7, 11) is -2.56. The summed E-state index contributed by atoms with van der Waals surface area (Å²) >= 11 is 0. The van der Waals surface area contributed by atoms with Crippen LogP contribution in [0.5, 0.6) is 0 Å². The minimum atomic E-state index is -3.95. The van der Waals surface area contributed by atoms with Gasteiger partial charge in [0.25, 0.3) is 0 Å². The van der Waals surface area contributed by atoms with Gasteiger partial charge in [0.05, 0.1) is 10.5 Å². The van der Waals surface area contributed by atoms with Crippen LogP contribution in [0.15, 0.2) is 17.0 Å². The topological polar surface area (TPSA) is 74.7 Å². The highest BCUT2D eigenvalue weighted by atomic mass is 32.2. The molecule has 0 saturated carbocycles. The number of carboxylic acid groups (broad SMARTS) is 1. The largest absolute Gasteiger partial charge is 0.478 e. The molecule has 1 N–H and O–H groups in total. The molecule has 0 amide bonds. The van der Waals surface area contributed by atoms with E-state index in [0.717, 1.165) is 16.4 Å². The van der Waals surface area contributed by atoms with Gasteiger partial charge in [0.15, 0.2) is 0 Å². The van der Waals surface area contributed by atoms with Crippen LogP contribution >= 0.6 is 0 Å². The smallest absolute Gasteiger partial charge is 0.335 e. The van der Waals surface area contributed by atoms with Gasteiger partial charge < -0.3 is 5.11 Å². The van der Waals surface area contributed by atoms with Crippen molar-refractivity contribution in [3.8, 4) is 0 Å². The van der Waals surface area contributed by atoms with Crippen LogP contribution in [0.3, 0.4) is 0 Å². The van der Waals surface area contributed by atoms with Crippen LogP contribution in [0.4, 0.5) is 4.39 Å². The Hall–Kier alpha value is -1.47. The molecule has 0 spiro atoms. The Bertz CT molecular complexity index is 662. The van der Waals surface area contributed by atoms with Gasteiger partial charge in [0.2, 0.25) is 10.0 Å². The lowest BCUT2D eigenvalue weighted by atomic mass is 9.97. The number of carbonyl (C=O) groups is 1. The van der Waals surface area contributed by atoms with Gasteiger partial charge >= 0.3 is 5.97 Å². The van der Waals surface area contributed by atoms with Gasteiger partial charge in [0.1, 0.15) is 5.82 Å². The predicted molar refractivity (Wildman–Crippen MR) is 77.4 cm³/mol. The molecule has 0 unspecified atom stereocenters. The normalized spacial score (nSPS) is 12.7. The van der Waals surface area contributed by atoms with E-state index in [9.17, 15) is 17.6 Å². The Morgan fingerprint density at radius 2 is 1.86 bits per heavy atom. The number of hydrogen-bond donors (Lipinski definition) is 1. The van der Waals surface area contributed by atoms with E-state index >= 15 is 0 Å². The molecule has 7 heteroatoms. The molecule has 0 radical (unpaired) electrons. The SMILES string of the molecule is Cc1c(F)cc(C(=O)O)cc1S(=O)(=O)N(C)CC(C)(C)C. The van der Waals surface area contributed by atoms with Crippen molar-refractivity contribution in [3.63, 3.8) is 0 Å². The fraction of sp³-hybridized carbons (Fsp3) is 0.500. The molecule has 0 heterocycles. The molecule has 118 valence electrons.